The summed E-state index contributed by atoms with van der Waals surface area (Å²) < 4.78 is 15.2. The van der Waals surface area contributed by atoms with Crippen LogP contribution in [-0.2, 0) is 5.54 Å². The van der Waals surface area contributed by atoms with Crippen LogP contribution in [0.4, 0.5) is 10.2 Å². The van der Waals surface area contributed by atoms with E-state index in [0.717, 1.165) is 5.82 Å². The molecule has 0 saturated carbocycles. The molecule has 2 rings (SSSR count). The van der Waals surface area contributed by atoms with Gasteiger partial charge in [-0.15, -0.1) is 0 Å². The van der Waals surface area contributed by atoms with Crippen molar-refractivity contribution in [1.82, 2.24) is 9.55 Å². The quantitative estimate of drug-likeness (QED) is 0.865. The van der Waals surface area contributed by atoms with E-state index >= 15 is 0 Å². The van der Waals surface area contributed by atoms with Gasteiger partial charge in [-0.3, -0.25) is 0 Å². The minimum Gasteiger partial charge on any atom is -0.383 e. The summed E-state index contributed by atoms with van der Waals surface area (Å²) in [4.78, 5) is 4.67. The Morgan fingerprint density at radius 1 is 1.29 bits per heavy atom. The zero-order valence-corrected chi connectivity index (χ0v) is 13.8. The number of aromatic nitrogens is 2. The van der Waals surface area contributed by atoms with Crippen molar-refractivity contribution in [2.75, 3.05) is 5.73 Å². The zero-order valence-electron chi connectivity index (χ0n) is 13.0. The van der Waals surface area contributed by atoms with E-state index in [2.05, 4.69) is 39.6 Å². The van der Waals surface area contributed by atoms with Crippen LogP contribution in [0.5, 0.6) is 0 Å². The molecule has 0 spiro atoms. The maximum absolute atomic E-state index is 13.2. The van der Waals surface area contributed by atoms with Gasteiger partial charge in [0.05, 0.1) is 5.02 Å². The molecule has 5 heteroatoms. The first kappa shape index (κ1) is 15.8. The number of hydrogen-bond donors (Lipinski definition) is 1. The molecule has 0 aliphatic carbocycles. The molecule has 0 fully saturated rings. The third-order valence-corrected chi connectivity index (χ3v) is 3.63. The number of imidazole rings is 1. The van der Waals surface area contributed by atoms with Gasteiger partial charge in [-0.25, -0.2) is 9.37 Å². The summed E-state index contributed by atoms with van der Waals surface area (Å²) in [6, 6.07) is 4.26. The monoisotopic (exact) mass is 309 g/mol. The summed E-state index contributed by atoms with van der Waals surface area (Å²) in [5.41, 5.74) is 7.39. The predicted molar refractivity (Wildman–Crippen MR) is 86.1 cm³/mol. The summed E-state index contributed by atoms with van der Waals surface area (Å²) in [5.74, 6) is 1.30. The first-order valence-corrected chi connectivity index (χ1v) is 7.34. The van der Waals surface area contributed by atoms with E-state index in [1.165, 1.54) is 12.1 Å². The van der Waals surface area contributed by atoms with Crippen LogP contribution in [0.2, 0.25) is 5.02 Å². The maximum atomic E-state index is 13.2. The molecule has 1 heterocycles. The van der Waals surface area contributed by atoms with E-state index in [1.807, 2.05) is 4.57 Å². The molecule has 0 bridgehead atoms. The van der Waals surface area contributed by atoms with Gasteiger partial charge < -0.3 is 10.3 Å². The second-order valence-corrected chi connectivity index (χ2v) is 6.90. The van der Waals surface area contributed by atoms with Crippen LogP contribution in [0.3, 0.4) is 0 Å². The number of nitrogen functional groups attached to an aromatic ring is 1. The van der Waals surface area contributed by atoms with Gasteiger partial charge in [0.1, 0.15) is 23.2 Å². The first-order chi connectivity index (χ1) is 9.62. The smallest absolute Gasteiger partial charge is 0.132 e. The molecule has 1 aromatic carbocycles. The van der Waals surface area contributed by atoms with Crippen LogP contribution in [0.25, 0.3) is 11.3 Å². The van der Waals surface area contributed by atoms with Crippen LogP contribution in [0.1, 0.15) is 46.4 Å². The van der Waals surface area contributed by atoms with Gasteiger partial charge in [0.25, 0.3) is 0 Å². The fourth-order valence-corrected chi connectivity index (χ4v) is 2.68. The second-order valence-electron chi connectivity index (χ2n) is 6.49. The summed E-state index contributed by atoms with van der Waals surface area (Å²) in [6.45, 7) is 10.4. The molecule has 0 atom stereocenters. The number of hydrogen-bond acceptors (Lipinski definition) is 2. The molecule has 0 saturated heterocycles. The topological polar surface area (TPSA) is 43.8 Å². The average Bonchev–Trinajstić information content (AvgIpc) is 2.67. The largest absolute Gasteiger partial charge is 0.383 e. The third kappa shape index (κ3) is 2.91. The number of anilines is 1. The zero-order chi connectivity index (χ0) is 15.9. The van der Waals surface area contributed by atoms with Crippen molar-refractivity contribution in [1.29, 1.82) is 0 Å². The van der Waals surface area contributed by atoms with Gasteiger partial charge in [0.2, 0.25) is 0 Å². The third-order valence-electron chi connectivity index (χ3n) is 3.31. The Hall–Kier alpha value is -1.55. The summed E-state index contributed by atoms with van der Waals surface area (Å²) in [6.07, 6.45) is 0. The van der Waals surface area contributed by atoms with E-state index < -0.39 is 0 Å². The molecule has 21 heavy (non-hydrogen) atoms. The number of nitrogens with zero attached hydrogens (tertiary/aromatic N) is 2. The fourth-order valence-electron chi connectivity index (χ4n) is 2.42. The lowest BCUT2D eigenvalue weighted by Crippen LogP contribution is -2.26. The van der Waals surface area contributed by atoms with Gasteiger partial charge in [0.15, 0.2) is 0 Å². The van der Waals surface area contributed by atoms with Gasteiger partial charge in [-0.05, 0) is 39.0 Å². The van der Waals surface area contributed by atoms with E-state index in [4.69, 9.17) is 17.3 Å². The van der Waals surface area contributed by atoms with Crippen molar-refractivity contribution in [2.45, 2.75) is 46.1 Å². The SMILES string of the molecule is CC(C)c1nc(-c2ccc(F)cc2Cl)c(N)n1C(C)(C)C. The van der Waals surface area contributed by atoms with E-state index in [0.29, 0.717) is 22.1 Å². The first-order valence-electron chi connectivity index (χ1n) is 6.97. The van der Waals surface area contributed by atoms with E-state index in [1.54, 1.807) is 6.07 Å². The highest BCUT2D eigenvalue weighted by Gasteiger charge is 2.26. The number of benzene rings is 1. The van der Waals surface area contributed by atoms with Crippen molar-refractivity contribution in [3.63, 3.8) is 0 Å². The Morgan fingerprint density at radius 2 is 1.90 bits per heavy atom. The Labute approximate surface area is 129 Å². The second kappa shape index (κ2) is 5.34. The Balaban J connectivity index is 2.71. The number of rotatable bonds is 2. The average molecular weight is 310 g/mol. The molecule has 0 aliphatic heterocycles. The van der Waals surface area contributed by atoms with Crippen LogP contribution >= 0.6 is 11.6 Å². The molecule has 0 aliphatic rings. The molecule has 0 radical (unpaired) electrons. The maximum Gasteiger partial charge on any atom is 0.132 e. The molecule has 114 valence electrons. The van der Waals surface area contributed by atoms with E-state index in [9.17, 15) is 4.39 Å². The molecule has 2 aromatic rings. The Kier molecular flexibility index (Phi) is 4.02. The predicted octanol–water partition coefficient (Wildman–Crippen LogP) is 4.80. The molecule has 3 nitrogen and oxygen atoms in total. The van der Waals surface area contributed by atoms with Crippen molar-refractivity contribution in [2.24, 2.45) is 0 Å². The van der Waals surface area contributed by atoms with Crippen LogP contribution < -0.4 is 5.73 Å². The fraction of sp³-hybridized carbons (Fsp3) is 0.438. The van der Waals surface area contributed by atoms with Crippen molar-refractivity contribution in [3.05, 3.63) is 34.9 Å². The standard InChI is InChI=1S/C16H21ClFN3/c1-9(2)15-20-13(14(19)21(15)16(3,4)5)11-7-6-10(18)8-12(11)17/h6-9H,19H2,1-5H3. The summed E-state index contributed by atoms with van der Waals surface area (Å²) in [7, 11) is 0. The van der Waals surface area contributed by atoms with Gasteiger partial charge >= 0.3 is 0 Å². The highest BCUT2D eigenvalue weighted by Crippen LogP contribution is 2.37. The van der Waals surface area contributed by atoms with Gasteiger partial charge in [-0.1, -0.05) is 25.4 Å². The minimum absolute atomic E-state index is 0.193. The molecular weight excluding hydrogens is 289 g/mol. The van der Waals surface area contributed by atoms with Gasteiger partial charge in [-0.2, -0.15) is 0 Å². The van der Waals surface area contributed by atoms with Crippen LogP contribution in [-0.4, -0.2) is 9.55 Å². The van der Waals surface area contributed by atoms with Crippen LogP contribution in [0, 0.1) is 5.82 Å². The lowest BCUT2D eigenvalue weighted by atomic mass is 10.1. The highest BCUT2D eigenvalue weighted by atomic mass is 35.5. The molecule has 0 unspecified atom stereocenters. The highest BCUT2D eigenvalue weighted by molar-refractivity contribution is 6.33. The van der Waals surface area contributed by atoms with Crippen molar-refractivity contribution in [3.8, 4) is 11.3 Å². The molecular formula is C16H21ClFN3. The normalized spacial score (nSPS) is 12.2. The Morgan fingerprint density at radius 3 is 2.33 bits per heavy atom. The summed E-state index contributed by atoms with van der Waals surface area (Å²) >= 11 is 6.15. The van der Waals surface area contributed by atoms with E-state index in [-0.39, 0.29) is 17.3 Å². The van der Waals surface area contributed by atoms with Crippen LogP contribution in [0.15, 0.2) is 18.2 Å². The van der Waals surface area contributed by atoms with Crippen molar-refractivity contribution >= 4 is 17.4 Å². The molecule has 0 amide bonds. The minimum atomic E-state index is -0.373. The van der Waals surface area contributed by atoms with Crippen molar-refractivity contribution < 1.29 is 4.39 Å². The number of nitrogens with two attached hydrogens (primary N) is 1. The summed E-state index contributed by atoms with van der Waals surface area (Å²) in [5, 5.41) is 0.315. The lowest BCUT2D eigenvalue weighted by Gasteiger charge is -2.26. The van der Waals surface area contributed by atoms with Gasteiger partial charge in [0, 0.05) is 17.0 Å². The lowest BCUT2D eigenvalue weighted by molar-refractivity contribution is 0.382. The number of halogens is 2. The molecule has 1 aromatic heterocycles. The molecule has 2 N–H and O–H groups in total. The Bertz CT molecular complexity index is 669.